The van der Waals surface area contributed by atoms with Crippen molar-refractivity contribution in [2.24, 2.45) is 0 Å². The first-order valence-electron chi connectivity index (χ1n) is 6.72. The first-order valence-corrected chi connectivity index (χ1v) is 8.39. The molecule has 0 aliphatic carbocycles. The maximum Gasteiger partial charge on any atom is 0.246 e. The Morgan fingerprint density at radius 1 is 1.48 bits per heavy atom. The van der Waals surface area contributed by atoms with Crippen molar-refractivity contribution in [1.82, 2.24) is 5.32 Å². The standard InChI is InChI=1S/C15H15BrN2O2S/c1-2-17-14-10-6-11(16)13(7-12(10)18-15(14)19)20-8-9-4-3-5-21-9/h3-7,14,17H,2,8H2,1H3,(H,18,19). The number of amides is 1. The molecule has 1 amide bonds. The molecule has 6 heteroatoms. The first kappa shape index (κ1) is 14.6. The number of halogens is 1. The molecule has 2 aromatic rings. The Bertz CT molecular complexity index is 658. The van der Waals surface area contributed by atoms with Gasteiger partial charge in [0.1, 0.15) is 18.4 Å². The minimum atomic E-state index is -0.285. The van der Waals surface area contributed by atoms with E-state index in [2.05, 4.69) is 26.6 Å². The molecule has 1 unspecified atom stereocenters. The number of nitrogens with one attached hydrogen (secondary N) is 2. The van der Waals surface area contributed by atoms with E-state index in [0.29, 0.717) is 6.61 Å². The lowest BCUT2D eigenvalue weighted by atomic mass is 10.1. The summed E-state index contributed by atoms with van der Waals surface area (Å²) in [5.41, 5.74) is 1.77. The maximum absolute atomic E-state index is 12.0. The molecule has 1 aromatic carbocycles. The number of hydrogen-bond donors (Lipinski definition) is 2. The lowest BCUT2D eigenvalue weighted by molar-refractivity contribution is -0.117. The van der Waals surface area contributed by atoms with Crippen LogP contribution >= 0.6 is 27.3 Å². The van der Waals surface area contributed by atoms with Crippen LogP contribution in [-0.4, -0.2) is 12.5 Å². The summed E-state index contributed by atoms with van der Waals surface area (Å²) in [6.45, 7) is 3.25. The Kier molecular flexibility index (Phi) is 4.28. The maximum atomic E-state index is 12.0. The normalized spacial score (nSPS) is 16.7. The van der Waals surface area contributed by atoms with Gasteiger partial charge in [-0.3, -0.25) is 4.79 Å². The third kappa shape index (κ3) is 2.97. The second-order valence-corrected chi connectivity index (χ2v) is 6.60. The monoisotopic (exact) mass is 366 g/mol. The van der Waals surface area contributed by atoms with Crippen molar-refractivity contribution < 1.29 is 9.53 Å². The number of carbonyl (C=O) groups is 1. The molecule has 1 aliphatic rings. The summed E-state index contributed by atoms with van der Waals surface area (Å²) in [7, 11) is 0. The lowest BCUT2D eigenvalue weighted by Crippen LogP contribution is -2.27. The molecule has 0 spiro atoms. The topological polar surface area (TPSA) is 50.4 Å². The van der Waals surface area contributed by atoms with Gasteiger partial charge in [0, 0.05) is 22.2 Å². The van der Waals surface area contributed by atoms with Gasteiger partial charge in [0.05, 0.1) is 4.47 Å². The van der Waals surface area contributed by atoms with E-state index in [9.17, 15) is 4.79 Å². The number of ether oxygens (including phenoxy) is 1. The fraction of sp³-hybridized carbons (Fsp3) is 0.267. The van der Waals surface area contributed by atoms with Crippen LogP contribution in [0.15, 0.2) is 34.1 Å². The van der Waals surface area contributed by atoms with E-state index in [4.69, 9.17) is 4.74 Å². The molecule has 3 rings (SSSR count). The summed E-state index contributed by atoms with van der Waals surface area (Å²) in [6.07, 6.45) is 0. The number of anilines is 1. The van der Waals surface area contributed by atoms with E-state index in [-0.39, 0.29) is 11.9 Å². The van der Waals surface area contributed by atoms with Crippen molar-refractivity contribution in [3.63, 3.8) is 0 Å². The van der Waals surface area contributed by atoms with Gasteiger partial charge >= 0.3 is 0 Å². The Morgan fingerprint density at radius 3 is 3.05 bits per heavy atom. The molecule has 2 heterocycles. The fourth-order valence-corrected chi connectivity index (χ4v) is 3.41. The molecule has 2 N–H and O–H groups in total. The van der Waals surface area contributed by atoms with Gasteiger partial charge in [0.2, 0.25) is 5.91 Å². The number of benzene rings is 1. The van der Waals surface area contributed by atoms with Crippen LogP contribution in [0.1, 0.15) is 23.4 Å². The molecule has 0 bridgehead atoms. The number of thiophene rings is 1. The molecular weight excluding hydrogens is 352 g/mol. The van der Waals surface area contributed by atoms with E-state index in [1.54, 1.807) is 11.3 Å². The van der Waals surface area contributed by atoms with Gasteiger partial charge in [-0.05, 0) is 40.0 Å². The summed E-state index contributed by atoms with van der Waals surface area (Å²) in [6, 6.07) is 7.58. The van der Waals surface area contributed by atoms with Gasteiger partial charge in [-0.25, -0.2) is 0 Å². The van der Waals surface area contributed by atoms with Crippen LogP contribution in [0.3, 0.4) is 0 Å². The first-order chi connectivity index (χ1) is 10.2. The van der Waals surface area contributed by atoms with Crippen LogP contribution in [0.4, 0.5) is 5.69 Å². The molecule has 21 heavy (non-hydrogen) atoms. The van der Waals surface area contributed by atoms with Gasteiger partial charge in [-0.1, -0.05) is 13.0 Å². The van der Waals surface area contributed by atoms with E-state index in [0.717, 1.165) is 32.9 Å². The molecule has 0 saturated carbocycles. The summed E-state index contributed by atoms with van der Waals surface area (Å²) in [5, 5.41) is 8.10. The average Bonchev–Trinajstić information content (AvgIpc) is 3.07. The number of hydrogen-bond acceptors (Lipinski definition) is 4. The highest BCUT2D eigenvalue weighted by Gasteiger charge is 2.30. The van der Waals surface area contributed by atoms with E-state index >= 15 is 0 Å². The van der Waals surface area contributed by atoms with E-state index in [1.165, 1.54) is 0 Å². The van der Waals surface area contributed by atoms with Gasteiger partial charge in [0.15, 0.2) is 0 Å². The zero-order valence-corrected chi connectivity index (χ0v) is 13.9. The summed E-state index contributed by atoms with van der Waals surface area (Å²) in [4.78, 5) is 13.1. The van der Waals surface area contributed by atoms with E-state index < -0.39 is 0 Å². The largest absolute Gasteiger partial charge is 0.487 e. The van der Waals surface area contributed by atoms with Crippen molar-refractivity contribution in [2.45, 2.75) is 19.6 Å². The molecule has 0 saturated heterocycles. The SMILES string of the molecule is CCNC1C(=O)Nc2cc(OCc3cccs3)c(Br)cc21. The molecule has 4 nitrogen and oxygen atoms in total. The fourth-order valence-electron chi connectivity index (χ4n) is 2.32. The van der Waals surface area contributed by atoms with Crippen LogP contribution < -0.4 is 15.4 Å². The summed E-state index contributed by atoms with van der Waals surface area (Å²) in [5.74, 6) is 0.716. The van der Waals surface area contributed by atoms with Crippen molar-refractivity contribution in [3.8, 4) is 5.75 Å². The Morgan fingerprint density at radius 2 is 2.33 bits per heavy atom. The third-order valence-corrected chi connectivity index (χ3v) is 4.76. The molecule has 0 fully saturated rings. The van der Waals surface area contributed by atoms with Gasteiger partial charge < -0.3 is 15.4 Å². The summed E-state index contributed by atoms with van der Waals surface area (Å²) >= 11 is 5.19. The van der Waals surface area contributed by atoms with Crippen molar-refractivity contribution in [1.29, 1.82) is 0 Å². The number of likely N-dealkylation sites (N-methyl/N-ethyl adjacent to an activating group) is 1. The Balaban J connectivity index is 1.82. The zero-order valence-electron chi connectivity index (χ0n) is 11.5. The number of carbonyl (C=O) groups excluding carboxylic acids is 1. The molecule has 1 aliphatic heterocycles. The van der Waals surface area contributed by atoms with Crippen LogP contribution in [0.2, 0.25) is 0 Å². The Labute approximate surface area is 135 Å². The predicted molar refractivity (Wildman–Crippen MR) is 87.8 cm³/mol. The predicted octanol–water partition coefficient (Wildman–Crippen LogP) is 3.69. The molecule has 0 radical (unpaired) electrons. The van der Waals surface area contributed by atoms with Crippen molar-refractivity contribution in [3.05, 3.63) is 44.6 Å². The minimum absolute atomic E-state index is 0.0193. The van der Waals surface area contributed by atoms with Gasteiger partial charge in [-0.15, -0.1) is 11.3 Å². The van der Waals surface area contributed by atoms with Crippen LogP contribution in [0.5, 0.6) is 5.75 Å². The van der Waals surface area contributed by atoms with Crippen LogP contribution in [-0.2, 0) is 11.4 Å². The molecular formula is C15H15BrN2O2S. The number of fused-ring (bicyclic) bond motifs is 1. The van der Waals surface area contributed by atoms with Crippen molar-refractivity contribution in [2.75, 3.05) is 11.9 Å². The summed E-state index contributed by atoms with van der Waals surface area (Å²) < 4.78 is 6.69. The molecule has 1 aromatic heterocycles. The highest BCUT2D eigenvalue weighted by Crippen LogP contribution is 2.39. The van der Waals surface area contributed by atoms with Crippen LogP contribution in [0, 0.1) is 0 Å². The van der Waals surface area contributed by atoms with Crippen LogP contribution in [0.25, 0.3) is 0 Å². The van der Waals surface area contributed by atoms with Crippen molar-refractivity contribution >= 4 is 38.9 Å². The minimum Gasteiger partial charge on any atom is -0.487 e. The molecule has 110 valence electrons. The second-order valence-electron chi connectivity index (χ2n) is 4.72. The van der Waals surface area contributed by atoms with Gasteiger partial charge in [-0.2, -0.15) is 0 Å². The smallest absolute Gasteiger partial charge is 0.246 e. The number of rotatable bonds is 5. The van der Waals surface area contributed by atoms with E-state index in [1.807, 2.05) is 36.6 Å². The highest BCUT2D eigenvalue weighted by molar-refractivity contribution is 9.10. The zero-order chi connectivity index (χ0) is 14.8. The average molecular weight is 367 g/mol. The third-order valence-electron chi connectivity index (χ3n) is 3.29. The van der Waals surface area contributed by atoms with Gasteiger partial charge in [0.25, 0.3) is 0 Å². The quantitative estimate of drug-likeness (QED) is 0.848. The Hall–Kier alpha value is -1.37. The highest BCUT2D eigenvalue weighted by atomic mass is 79.9. The molecule has 1 atom stereocenters. The second kappa shape index (κ2) is 6.17. The lowest BCUT2D eigenvalue weighted by Gasteiger charge is -2.12.